The summed E-state index contributed by atoms with van der Waals surface area (Å²) in [4.78, 5) is 7.74. The number of para-hydroxylation sites is 2. The van der Waals surface area contributed by atoms with Gasteiger partial charge in [-0.2, -0.15) is 5.26 Å². The van der Waals surface area contributed by atoms with Crippen LogP contribution in [0.5, 0.6) is 11.5 Å². The molecule has 0 saturated carbocycles. The zero-order valence-electron chi connectivity index (χ0n) is 11.7. The van der Waals surface area contributed by atoms with Gasteiger partial charge in [0.2, 0.25) is 0 Å². The average molecular weight is 279 g/mol. The van der Waals surface area contributed by atoms with Crippen molar-refractivity contribution in [2.45, 2.75) is 0 Å². The van der Waals surface area contributed by atoms with E-state index in [1.165, 1.54) is 0 Å². The lowest BCUT2D eigenvalue weighted by molar-refractivity contribution is 0.356. The van der Waals surface area contributed by atoms with E-state index in [1.807, 2.05) is 30.3 Å². The first-order chi connectivity index (χ1) is 10.3. The van der Waals surface area contributed by atoms with E-state index in [0.29, 0.717) is 28.4 Å². The Morgan fingerprint density at radius 2 is 1.90 bits per heavy atom. The van der Waals surface area contributed by atoms with Gasteiger partial charge in [-0.25, -0.2) is 4.98 Å². The largest absolute Gasteiger partial charge is 0.493 e. The molecule has 104 valence electrons. The first-order valence-electron chi connectivity index (χ1n) is 6.38. The van der Waals surface area contributed by atoms with Crippen molar-refractivity contribution in [2.75, 3.05) is 14.2 Å². The van der Waals surface area contributed by atoms with Crippen molar-refractivity contribution in [1.29, 1.82) is 5.26 Å². The maximum Gasteiger partial charge on any atom is 0.171 e. The van der Waals surface area contributed by atoms with Gasteiger partial charge in [0, 0.05) is 0 Å². The number of hydrogen-bond acceptors (Lipinski definition) is 4. The third-order valence-corrected chi connectivity index (χ3v) is 3.29. The molecule has 0 saturated heterocycles. The first-order valence-corrected chi connectivity index (χ1v) is 6.38. The third kappa shape index (κ3) is 2.07. The number of nitrogens with one attached hydrogen (secondary N) is 1. The van der Waals surface area contributed by atoms with Gasteiger partial charge in [0.15, 0.2) is 11.5 Å². The molecular formula is C16H13N3O2. The summed E-state index contributed by atoms with van der Waals surface area (Å²) in [6.45, 7) is 0. The molecule has 0 atom stereocenters. The first kappa shape index (κ1) is 13.0. The monoisotopic (exact) mass is 279 g/mol. The molecule has 0 radical (unpaired) electrons. The molecule has 1 heterocycles. The van der Waals surface area contributed by atoms with Crippen LogP contribution in [0.3, 0.4) is 0 Å². The molecule has 0 aliphatic carbocycles. The van der Waals surface area contributed by atoms with Crippen molar-refractivity contribution < 1.29 is 9.47 Å². The lowest BCUT2D eigenvalue weighted by atomic mass is 10.1. The lowest BCUT2D eigenvalue weighted by Gasteiger charge is -2.10. The number of imidazole rings is 1. The van der Waals surface area contributed by atoms with Gasteiger partial charge in [-0.05, 0) is 24.3 Å². The van der Waals surface area contributed by atoms with Crippen LogP contribution in [0, 0.1) is 11.3 Å². The van der Waals surface area contributed by atoms with Gasteiger partial charge in [-0.1, -0.05) is 12.1 Å². The fraction of sp³-hybridized carbons (Fsp3) is 0.125. The van der Waals surface area contributed by atoms with Gasteiger partial charge in [-0.3, -0.25) is 0 Å². The Labute approximate surface area is 121 Å². The highest BCUT2D eigenvalue weighted by molar-refractivity contribution is 5.85. The Bertz CT molecular complexity index is 846. The van der Waals surface area contributed by atoms with Crippen molar-refractivity contribution in [3.05, 3.63) is 42.0 Å². The number of rotatable bonds is 3. The Morgan fingerprint density at radius 3 is 2.62 bits per heavy atom. The van der Waals surface area contributed by atoms with Crippen LogP contribution in [0.25, 0.3) is 22.4 Å². The van der Waals surface area contributed by atoms with Crippen molar-refractivity contribution in [3.63, 3.8) is 0 Å². The van der Waals surface area contributed by atoms with Crippen LogP contribution in [0.15, 0.2) is 36.4 Å². The molecule has 3 rings (SSSR count). The van der Waals surface area contributed by atoms with Gasteiger partial charge >= 0.3 is 0 Å². The van der Waals surface area contributed by atoms with Gasteiger partial charge in [-0.15, -0.1) is 0 Å². The number of fused-ring (bicyclic) bond motifs is 1. The molecule has 21 heavy (non-hydrogen) atoms. The zero-order chi connectivity index (χ0) is 14.8. The zero-order valence-corrected chi connectivity index (χ0v) is 11.7. The number of hydrogen-bond donors (Lipinski definition) is 1. The summed E-state index contributed by atoms with van der Waals surface area (Å²) in [5, 5.41) is 9.15. The topological polar surface area (TPSA) is 70.9 Å². The van der Waals surface area contributed by atoms with Crippen molar-refractivity contribution in [1.82, 2.24) is 9.97 Å². The number of aromatic amines is 1. The van der Waals surface area contributed by atoms with Gasteiger partial charge in [0.05, 0.1) is 30.9 Å². The van der Waals surface area contributed by atoms with Gasteiger partial charge in [0.25, 0.3) is 0 Å². The van der Waals surface area contributed by atoms with Crippen LogP contribution in [0.2, 0.25) is 0 Å². The fourth-order valence-corrected chi connectivity index (χ4v) is 2.32. The molecule has 5 heteroatoms. The lowest BCUT2D eigenvalue weighted by Crippen LogP contribution is -1.93. The highest BCUT2D eigenvalue weighted by Gasteiger charge is 2.15. The number of aromatic nitrogens is 2. The molecule has 0 aliphatic rings. The van der Waals surface area contributed by atoms with E-state index < -0.39 is 0 Å². The van der Waals surface area contributed by atoms with Crippen LogP contribution in [0.4, 0.5) is 0 Å². The third-order valence-electron chi connectivity index (χ3n) is 3.29. The molecule has 0 spiro atoms. The number of ether oxygens (including phenoxy) is 2. The number of benzene rings is 2. The Morgan fingerprint density at radius 1 is 1.10 bits per heavy atom. The summed E-state index contributed by atoms with van der Waals surface area (Å²) < 4.78 is 10.7. The molecule has 0 fully saturated rings. The van der Waals surface area contributed by atoms with E-state index in [9.17, 15) is 0 Å². The molecule has 1 N–H and O–H groups in total. The number of methoxy groups -OCH3 is 2. The van der Waals surface area contributed by atoms with Crippen LogP contribution >= 0.6 is 0 Å². The maximum atomic E-state index is 9.15. The smallest absolute Gasteiger partial charge is 0.171 e. The molecular weight excluding hydrogens is 266 g/mol. The second-order valence-corrected chi connectivity index (χ2v) is 4.44. The quantitative estimate of drug-likeness (QED) is 0.799. The van der Waals surface area contributed by atoms with Crippen molar-refractivity contribution >= 4 is 11.0 Å². The highest BCUT2D eigenvalue weighted by atomic mass is 16.5. The van der Waals surface area contributed by atoms with E-state index in [-0.39, 0.29) is 0 Å². The SMILES string of the molecule is COc1cccc(-c2nc3c(C#N)cccc3[nH]2)c1OC. The second kappa shape index (κ2) is 5.17. The van der Waals surface area contributed by atoms with E-state index >= 15 is 0 Å². The van der Waals surface area contributed by atoms with Crippen LogP contribution in [0.1, 0.15) is 5.56 Å². The van der Waals surface area contributed by atoms with Crippen LogP contribution < -0.4 is 9.47 Å². The summed E-state index contributed by atoms with van der Waals surface area (Å²) in [7, 11) is 3.18. The normalized spacial score (nSPS) is 10.3. The Kier molecular flexibility index (Phi) is 3.20. The fourth-order valence-electron chi connectivity index (χ4n) is 2.32. The molecule has 2 aromatic carbocycles. The number of H-pyrrole nitrogens is 1. The number of nitriles is 1. The minimum absolute atomic E-state index is 0.539. The van der Waals surface area contributed by atoms with E-state index in [4.69, 9.17) is 14.7 Å². The molecule has 0 amide bonds. The van der Waals surface area contributed by atoms with Crippen molar-refractivity contribution in [3.8, 4) is 29.0 Å². The van der Waals surface area contributed by atoms with Crippen LogP contribution in [-0.2, 0) is 0 Å². The van der Waals surface area contributed by atoms with E-state index in [1.54, 1.807) is 20.3 Å². The average Bonchev–Trinajstić information content (AvgIpc) is 2.97. The summed E-state index contributed by atoms with van der Waals surface area (Å²) in [5.74, 6) is 1.89. The molecule has 1 aromatic heterocycles. The predicted molar refractivity (Wildman–Crippen MR) is 79.3 cm³/mol. The van der Waals surface area contributed by atoms with E-state index in [0.717, 1.165) is 11.1 Å². The van der Waals surface area contributed by atoms with Crippen LogP contribution in [-0.4, -0.2) is 24.2 Å². The molecule has 5 nitrogen and oxygen atoms in total. The predicted octanol–water partition coefficient (Wildman–Crippen LogP) is 3.12. The highest BCUT2D eigenvalue weighted by Crippen LogP contribution is 2.37. The summed E-state index contributed by atoms with van der Waals surface area (Å²) in [6.07, 6.45) is 0. The second-order valence-electron chi connectivity index (χ2n) is 4.44. The molecule has 0 unspecified atom stereocenters. The maximum absolute atomic E-state index is 9.15. The molecule has 0 aliphatic heterocycles. The Hall–Kier alpha value is -3.00. The minimum Gasteiger partial charge on any atom is -0.493 e. The van der Waals surface area contributed by atoms with Gasteiger partial charge in [0.1, 0.15) is 17.4 Å². The summed E-state index contributed by atoms with van der Waals surface area (Å²) >= 11 is 0. The van der Waals surface area contributed by atoms with Gasteiger partial charge < -0.3 is 14.5 Å². The summed E-state index contributed by atoms with van der Waals surface area (Å²) in [5.41, 5.74) is 2.79. The molecule has 0 bridgehead atoms. The molecule has 3 aromatic rings. The van der Waals surface area contributed by atoms with Crippen molar-refractivity contribution in [2.24, 2.45) is 0 Å². The summed E-state index contributed by atoms with van der Waals surface area (Å²) in [6, 6.07) is 13.2. The standard InChI is InChI=1S/C16H13N3O2/c1-20-13-8-4-6-11(15(13)21-2)16-18-12-7-3-5-10(9-17)14(12)19-16/h3-8H,1-2H3,(H,18,19). The number of nitrogens with zero attached hydrogens (tertiary/aromatic N) is 2. The Balaban J connectivity index is 2.24. The minimum atomic E-state index is 0.539. The van der Waals surface area contributed by atoms with E-state index in [2.05, 4.69) is 16.0 Å².